The average Bonchev–Trinajstić information content (AvgIpc) is 2.69. The molecule has 2 saturated carbocycles. The number of benzene rings is 2. The van der Waals surface area contributed by atoms with Crippen LogP contribution in [0.1, 0.15) is 56.7 Å². The summed E-state index contributed by atoms with van der Waals surface area (Å²) in [6.07, 6.45) is 4.05. The molecule has 2 fully saturated rings. The van der Waals surface area contributed by atoms with E-state index in [4.69, 9.17) is 0 Å². The van der Waals surface area contributed by atoms with Gasteiger partial charge in [0.1, 0.15) is 0 Å². The molecule has 4 atom stereocenters. The first-order chi connectivity index (χ1) is 10.9. The van der Waals surface area contributed by atoms with Gasteiger partial charge in [-0.1, -0.05) is 80.9 Å². The molecule has 0 heterocycles. The van der Waals surface area contributed by atoms with E-state index in [0.717, 1.165) is 0 Å². The first-order valence-corrected chi connectivity index (χ1v) is 9.05. The molecule has 2 aliphatic rings. The van der Waals surface area contributed by atoms with Gasteiger partial charge in [-0.25, -0.2) is 0 Å². The first kappa shape index (κ1) is 15.0. The monoisotopic (exact) mass is 304 g/mol. The molecule has 0 radical (unpaired) electrons. The molecular formula is C23H28. The molecule has 0 N–H and O–H groups in total. The minimum absolute atomic E-state index is 0.162. The maximum Gasteiger partial charge on any atom is 0.0239 e. The number of fused-ring (bicyclic) bond motifs is 1. The van der Waals surface area contributed by atoms with Crippen molar-refractivity contribution in [2.24, 2.45) is 16.7 Å². The summed E-state index contributed by atoms with van der Waals surface area (Å²) >= 11 is 0. The normalized spacial score (nSPS) is 38.9. The van der Waals surface area contributed by atoms with Gasteiger partial charge >= 0.3 is 0 Å². The highest BCUT2D eigenvalue weighted by Gasteiger charge is 2.68. The van der Waals surface area contributed by atoms with Crippen LogP contribution in [0.2, 0.25) is 0 Å². The van der Waals surface area contributed by atoms with Gasteiger partial charge in [-0.05, 0) is 54.1 Å². The zero-order chi connectivity index (χ0) is 16.3. The summed E-state index contributed by atoms with van der Waals surface area (Å²) in [6.45, 7) is 9.77. The molecule has 0 aromatic heterocycles. The van der Waals surface area contributed by atoms with Gasteiger partial charge in [0.05, 0.1) is 0 Å². The van der Waals surface area contributed by atoms with E-state index in [1.54, 1.807) is 0 Å². The van der Waals surface area contributed by atoms with E-state index in [1.165, 1.54) is 36.0 Å². The third-order valence-electron chi connectivity index (χ3n) is 7.79. The molecule has 0 spiro atoms. The van der Waals surface area contributed by atoms with E-state index in [-0.39, 0.29) is 5.41 Å². The molecule has 0 bridgehead atoms. The van der Waals surface area contributed by atoms with E-state index in [2.05, 4.69) is 82.3 Å². The maximum atomic E-state index is 2.54. The highest BCUT2D eigenvalue weighted by molar-refractivity contribution is 5.45. The highest BCUT2D eigenvalue weighted by Crippen LogP contribution is 2.75. The molecule has 2 aromatic rings. The van der Waals surface area contributed by atoms with Crippen LogP contribution >= 0.6 is 0 Å². The van der Waals surface area contributed by atoms with Gasteiger partial charge in [-0.15, -0.1) is 0 Å². The summed E-state index contributed by atoms with van der Waals surface area (Å²) in [5.74, 6) is 0.666. The predicted octanol–water partition coefficient (Wildman–Crippen LogP) is 6.13. The topological polar surface area (TPSA) is 0 Å². The van der Waals surface area contributed by atoms with Gasteiger partial charge in [0.15, 0.2) is 0 Å². The van der Waals surface area contributed by atoms with Crippen LogP contribution in [0.5, 0.6) is 0 Å². The Hall–Kier alpha value is -1.56. The molecular weight excluding hydrogens is 276 g/mol. The molecule has 0 aliphatic heterocycles. The molecule has 0 amide bonds. The van der Waals surface area contributed by atoms with E-state index in [9.17, 15) is 0 Å². The maximum absolute atomic E-state index is 2.54. The second-order valence-corrected chi connectivity index (χ2v) is 8.58. The van der Waals surface area contributed by atoms with E-state index in [1.807, 2.05) is 0 Å². The molecule has 2 aliphatic carbocycles. The molecule has 0 heteroatoms. The Kier molecular flexibility index (Phi) is 3.08. The van der Waals surface area contributed by atoms with Crippen LogP contribution in [0, 0.1) is 23.7 Å². The van der Waals surface area contributed by atoms with E-state index >= 15 is 0 Å². The molecule has 0 saturated heterocycles. The Bertz CT molecular complexity index is 713. The minimum Gasteiger partial charge on any atom is -0.0622 e. The van der Waals surface area contributed by atoms with Gasteiger partial charge in [0.2, 0.25) is 0 Å². The fraction of sp³-hybridized carbons (Fsp3) is 0.478. The number of rotatable bonds is 2. The predicted molar refractivity (Wildman–Crippen MR) is 97.6 cm³/mol. The van der Waals surface area contributed by atoms with Crippen molar-refractivity contribution < 1.29 is 0 Å². The van der Waals surface area contributed by atoms with Crippen LogP contribution in [0.4, 0.5) is 0 Å². The fourth-order valence-corrected chi connectivity index (χ4v) is 5.75. The molecule has 4 rings (SSSR count). The van der Waals surface area contributed by atoms with Crippen LogP contribution in [0.3, 0.4) is 0 Å². The number of hydrogen-bond acceptors (Lipinski definition) is 0. The summed E-state index contributed by atoms with van der Waals surface area (Å²) in [5, 5.41) is 0. The largest absolute Gasteiger partial charge is 0.0622 e. The van der Waals surface area contributed by atoms with Crippen molar-refractivity contribution in [3.05, 3.63) is 71.3 Å². The summed E-state index contributed by atoms with van der Waals surface area (Å²) in [4.78, 5) is 0. The molecule has 23 heavy (non-hydrogen) atoms. The lowest BCUT2D eigenvalue weighted by Crippen LogP contribution is -2.46. The lowest BCUT2D eigenvalue weighted by Gasteiger charge is -2.54. The third-order valence-corrected chi connectivity index (χ3v) is 7.79. The van der Waals surface area contributed by atoms with Crippen LogP contribution in [-0.2, 0) is 5.41 Å². The van der Waals surface area contributed by atoms with Crippen molar-refractivity contribution in [3.8, 4) is 0 Å². The SMILES string of the molecule is Cc1ccc(C2(c3ccccc3)CC3(C)CCC3(C)C2C)cc1. The van der Waals surface area contributed by atoms with Gasteiger partial charge in [-0.2, -0.15) is 0 Å². The standard InChI is InChI=1S/C23H28/c1-17-10-12-20(13-11-17)23(19-8-6-5-7-9-19)16-21(3)14-15-22(21,4)18(23)2/h5-13,18H,14-16H2,1-4H3. The Balaban J connectivity index is 1.95. The summed E-state index contributed by atoms with van der Waals surface area (Å²) in [7, 11) is 0. The lowest BCUT2D eigenvalue weighted by atomic mass is 9.50. The van der Waals surface area contributed by atoms with Gasteiger partial charge < -0.3 is 0 Å². The molecule has 0 nitrogen and oxygen atoms in total. The number of aryl methyl sites for hydroxylation is 1. The molecule has 120 valence electrons. The number of hydrogen-bond donors (Lipinski definition) is 0. The van der Waals surface area contributed by atoms with Gasteiger partial charge in [0.25, 0.3) is 0 Å². The Labute approximate surface area is 140 Å². The van der Waals surface area contributed by atoms with Gasteiger partial charge in [-0.3, -0.25) is 0 Å². The highest BCUT2D eigenvalue weighted by atomic mass is 14.7. The molecule has 4 unspecified atom stereocenters. The fourth-order valence-electron chi connectivity index (χ4n) is 5.75. The molecule has 2 aromatic carbocycles. The average molecular weight is 304 g/mol. The van der Waals surface area contributed by atoms with Crippen molar-refractivity contribution in [2.75, 3.05) is 0 Å². The zero-order valence-corrected chi connectivity index (χ0v) is 14.9. The summed E-state index contributed by atoms with van der Waals surface area (Å²) in [5.41, 5.74) is 5.48. The second-order valence-electron chi connectivity index (χ2n) is 8.58. The van der Waals surface area contributed by atoms with Gasteiger partial charge in [0, 0.05) is 5.41 Å². The van der Waals surface area contributed by atoms with Crippen molar-refractivity contribution in [1.29, 1.82) is 0 Å². The van der Waals surface area contributed by atoms with Crippen LogP contribution in [-0.4, -0.2) is 0 Å². The summed E-state index contributed by atoms with van der Waals surface area (Å²) in [6, 6.07) is 20.6. The smallest absolute Gasteiger partial charge is 0.0239 e. The van der Waals surface area contributed by atoms with Crippen LogP contribution < -0.4 is 0 Å². The third kappa shape index (κ3) is 1.78. The first-order valence-electron chi connectivity index (χ1n) is 9.05. The Morgan fingerprint density at radius 2 is 1.43 bits per heavy atom. The van der Waals surface area contributed by atoms with Crippen LogP contribution in [0.25, 0.3) is 0 Å². The quantitative estimate of drug-likeness (QED) is 0.626. The summed E-state index contributed by atoms with van der Waals surface area (Å²) < 4.78 is 0. The van der Waals surface area contributed by atoms with E-state index < -0.39 is 0 Å². The van der Waals surface area contributed by atoms with Crippen LogP contribution in [0.15, 0.2) is 54.6 Å². The van der Waals surface area contributed by atoms with E-state index in [0.29, 0.717) is 16.7 Å². The second kappa shape index (κ2) is 4.72. The van der Waals surface area contributed by atoms with Crippen molar-refractivity contribution >= 4 is 0 Å². The minimum atomic E-state index is 0.162. The van der Waals surface area contributed by atoms with Crippen molar-refractivity contribution in [2.45, 2.75) is 52.4 Å². The lowest BCUT2D eigenvalue weighted by molar-refractivity contribution is -0.0451. The Morgan fingerprint density at radius 3 is 1.91 bits per heavy atom. The van der Waals surface area contributed by atoms with Crippen molar-refractivity contribution in [3.63, 3.8) is 0 Å². The zero-order valence-electron chi connectivity index (χ0n) is 14.9. The van der Waals surface area contributed by atoms with Crippen molar-refractivity contribution in [1.82, 2.24) is 0 Å². The Morgan fingerprint density at radius 1 is 0.826 bits per heavy atom.